The zero-order valence-corrected chi connectivity index (χ0v) is 30.7. The van der Waals surface area contributed by atoms with E-state index in [2.05, 4.69) is 131 Å². The van der Waals surface area contributed by atoms with E-state index in [9.17, 15) is 5.53 Å². The number of nitrogens with zero attached hydrogens (tertiary/aromatic N) is 3. The van der Waals surface area contributed by atoms with Crippen LogP contribution in [0, 0.1) is 17.8 Å². The Morgan fingerprint density at radius 2 is 1.29 bits per heavy atom. The van der Waals surface area contributed by atoms with Gasteiger partial charge in [0, 0.05) is 10.8 Å². The van der Waals surface area contributed by atoms with Gasteiger partial charge in [0.05, 0.1) is 43.7 Å². The second kappa shape index (κ2) is 15.7. The van der Waals surface area contributed by atoms with E-state index in [1.807, 2.05) is 25.1 Å². The highest BCUT2D eigenvalue weighted by molar-refractivity contribution is 6.99. The Morgan fingerprint density at radius 1 is 0.729 bits per heavy atom. The summed E-state index contributed by atoms with van der Waals surface area (Å²) in [6, 6.07) is 30.9. The monoisotopic (exact) mass is 671 g/mol. The maximum absolute atomic E-state index is 9.63. The molecule has 0 radical (unpaired) electrons. The molecule has 2 heterocycles. The summed E-state index contributed by atoms with van der Waals surface area (Å²) in [4.78, 5) is 3.23. The van der Waals surface area contributed by atoms with E-state index in [1.165, 1.54) is 10.4 Å². The zero-order chi connectivity index (χ0) is 34.5. The molecular weight excluding hydrogens is 619 g/mol. The van der Waals surface area contributed by atoms with Gasteiger partial charge in [-0.3, -0.25) is 0 Å². The quantitative estimate of drug-likeness (QED) is 0.0903. The standard InChI is InChI=1S/C39H53N3O5Si/c1-26-27(2)35(41-42-40)38(47-37-30(5)45-29(4)28(3)36(37)43-24-31-18-12-9-13-19-31)46-34(26)25-44-48(39(6,7)8,32-20-14-10-15-21-32)33-22-16-11-17-23-33/h9-23,26-30,34-38H,24-25H2,1-8H3. The minimum absolute atomic E-state index is 0.00706. The summed E-state index contributed by atoms with van der Waals surface area (Å²) in [5.74, 6) is 0.0944. The summed E-state index contributed by atoms with van der Waals surface area (Å²) >= 11 is 0. The summed E-state index contributed by atoms with van der Waals surface area (Å²) in [5.41, 5.74) is 10.7. The van der Waals surface area contributed by atoms with Crippen molar-refractivity contribution < 1.29 is 23.4 Å². The van der Waals surface area contributed by atoms with E-state index in [1.54, 1.807) is 0 Å². The van der Waals surface area contributed by atoms with Crippen LogP contribution in [-0.2, 0) is 30.0 Å². The van der Waals surface area contributed by atoms with Crippen LogP contribution < -0.4 is 10.4 Å². The van der Waals surface area contributed by atoms with Crippen molar-refractivity contribution in [3.05, 3.63) is 107 Å². The Bertz CT molecular complexity index is 1440. The minimum Gasteiger partial charge on any atom is -0.405 e. The molecule has 2 aliphatic heterocycles. The molecule has 3 aromatic rings. The highest BCUT2D eigenvalue weighted by atomic mass is 28.4. The molecule has 2 fully saturated rings. The molecule has 10 atom stereocenters. The normalized spacial score (nSPS) is 31.2. The second-order valence-electron chi connectivity index (χ2n) is 14.7. The van der Waals surface area contributed by atoms with Gasteiger partial charge in [-0.15, -0.1) is 0 Å². The number of rotatable bonds is 11. The summed E-state index contributed by atoms with van der Waals surface area (Å²) in [7, 11) is -2.81. The van der Waals surface area contributed by atoms with Crippen molar-refractivity contribution in [3.8, 4) is 0 Å². The van der Waals surface area contributed by atoms with Gasteiger partial charge >= 0.3 is 0 Å². The third kappa shape index (κ3) is 7.58. The van der Waals surface area contributed by atoms with Crippen molar-refractivity contribution in [2.45, 2.75) is 110 Å². The van der Waals surface area contributed by atoms with Crippen molar-refractivity contribution in [3.63, 3.8) is 0 Å². The largest absolute Gasteiger partial charge is 0.405 e. The molecule has 2 saturated heterocycles. The van der Waals surface area contributed by atoms with Gasteiger partial charge < -0.3 is 23.4 Å². The summed E-state index contributed by atoms with van der Waals surface area (Å²) in [5, 5.41) is 6.50. The zero-order valence-electron chi connectivity index (χ0n) is 29.7. The Hall–Kier alpha value is -3.01. The van der Waals surface area contributed by atoms with Gasteiger partial charge in [0.25, 0.3) is 8.32 Å². The highest BCUT2D eigenvalue weighted by Crippen LogP contribution is 2.40. The topological polar surface area (TPSA) is 94.9 Å². The summed E-state index contributed by atoms with van der Waals surface area (Å²) < 4.78 is 34.0. The fourth-order valence-electron chi connectivity index (χ4n) is 7.50. The van der Waals surface area contributed by atoms with E-state index in [0.717, 1.165) is 5.56 Å². The number of azide groups is 1. The van der Waals surface area contributed by atoms with Gasteiger partial charge in [-0.1, -0.05) is 138 Å². The average Bonchev–Trinajstić information content (AvgIpc) is 3.08. The van der Waals surface area contributed by atoms with Gasteiger partial charge in [0.1, 0.15) is 6.10 Å². The van der Waals surface area contributed by atoms with Crippen LogP contribution in [0.15, 0.2) is 96.1 Å². The molecule has 0 amide bonds. The van der Waals surface area contributed by atoms with Crippen LogP contribution in [0.3, 0.4) is 0 Å². The third-order valence-electron chi connectivity index (χ3n) is 10.7. The Labute approximate surface area is 287 Å². The first kappa shape index (κ1) is 36.3. The lowest BCUT2D eigenvalue weighted by Crippen LogP contribution is -2.67. The average molecular weight is 672 g/mol. The predicted octanol–water partition coefficient (Wildman–Crippen LogP) is 7.65. The molecule has 0 N–H and O–H groups in total. The van der Waals surface area contributed by atoms with Gasteiger partial charge in [-0.2, -0.15) is 0 Å². The molecule has 10 unspecified atom stereocenters. The lowest BCUT2D eigenvalue weighted by Gasteiger charge is -2.49. The molecule has 0 bridgehead atoms. The number of ether oxygens (including phenoxy) is 4. The predicted molar refractivity (Wildman–Crippen MR) is 193 cm³/mol. The summed E-state index contributed by atoms with van der Waals surface area (Å²) in [6.45, 7) is 18.2. The third-order valence-corrected chi connectivity index (χ3v) is 15.7. The van der Waals surface area contributed by atoms with Crippen LogP contribution in [0.5, 0.6) is 0 Å². The molecular formula is C39H53N3O5Si. The molecule has 2 aliphatic rings. The van der Waals surface area contributed by atoms with Crippen LogP contribution in [-0.4, -0.2) is 57.8 Å². The van der Waals surface area contributed by atoms with Crippen LogP contribution in [0.1, 0.15) is 61.0 Å². The van der Waals surface area contributed by atoms with E-state index < -0.39 is 26.8 Å². The molecule has 0 aliphatic carbocycles. The van der Waals surface area contributed by atoms with E-state index >= 15 is 0 Å². The SMILES string of the molecule is CC1OC(C)C(OC2OC(CO[Si](c3ccccc3)(c3ccccc3)C(C)(C)C)C(C)C(C)C2N=[N+]=[N-])C(OCc2ccccc2)C1C. The molecule has 8 nitrogen and oxygen atoms in total. The molecule has 0 aromatic heterocycles. The molecule has 3 aromatic carbocycles. The van der Waals surface area contributed by atoms with E-state index in [-0.39, 0.29) is 47.2 Å². The van der Waals surface area contributed by atoms with Gasteiger partial charge in [0.15, 0.2) is 6.29 Å². The van der Waals surface area contributed by atoms with Crippen molar-refractivity contribution in [2.24, 2.45) is 22.9 Å². The van der Waals surface area contributed by atoms with Gasteiger partial charge in [-0.05, 0) is 52.2 Å². The smallest absolute Gasteiger partial charge is 0.261 e. The van der Waals surface area contributed by atoms with E-state index in [0.29, 0.717) is 13.2 Å². The maximum Gasteiger partial charge on any atom is 0.261 e. The maximum atomic E-state index is 9.63. The lowest BCUT2D eigenvalue weighted by atomic mass is 9.82. The second-order valence-corrected chi connectivity index (χ2v) is 19.0. The van der Waals surface area contributed by atoms with Crippen molar-refractivity contribution in [1.29, 1.82) is 0 Å². The Kier molecular flexibility index (Phi) is 11.9. The number of hydrogen-bond acceptors (Lipinski definition) is 6. The highest BCUT2D eigenvalue weighted by Gasteiger charge is 2.52. The molecule has 0 saturated carbocycles. The van der Waals surface area contributed by atoms with E-state index in [4.69, 9.17) is 23.4 Å². The van der Waals surface area contributed by atoms with Crippen LogP contribution >= 0.6 is 0 Å². The van der Waals surface area contributed by atoms with Gasteiger partial charge in [-0.25, -0.2) is 0 Å². The molecule has 48 heavy (non-hydrogen) atoms. The molecule has 0 spiro atoms. The molecule has 258 valence electrons. The lowest BCUT2D eigenvalue weighted by molar-refractivity contribution is -0.302. The summed E-state index contributed by atoms with van der Waals surface area (Å²) in [6.07, 6.45) is -2.03. The van der Waals surface area contributed by atoms with Crippen molar-refractivity contribution >= 4 is 18.7 Å². The number of benzene rings is 3. The Balaban J connectivity index is 1.43. The molecule has 5 rings (SSSR count). The fraction of sp³-hybridized carbons (Fsp3) is 0.538. The van der Waals surface area contributed by atoms with Crippen molar-refractivity contribution in [2.75, 3.05) is 6.61 Å². The van der Waals surface area contributed by atoms with Crippen LogP contribution in [0.25, 0.3) is 10.4 Å². The van der Waals surface area contributed by atoms with Gasteiger partial charge in [0.2, 0.25) is 0 Å². The first-order valence-corrected chi connectivity index (χ1v) is 19.3. The molecule has 9 heteroatoms. The van der Waals surface area contributed by atoms with Crippen LogP contribution in [0.4, 0.5) is 0 Å². The first-order valence-electron chi connectivity index (χ1n) is 17.4. The Morgan fingerprint density at radius 3 is 1.83 bits per heavy atom. The number of hydrogen-bond donors (Lipinski definition) is 0. The first-order chi connectivity index (χ1) is 23.0. The van der Waals surface area contributed by atoms with Crippen LogP contribution in [0.2, 0.25) is 5.04 Å². The van der Waals surface area contributed by atoms with Crippen molar-refractivity contribution in [1.82, 2.24) is 0 Å². The fourth-order valence-corrected chi connectivity index (χ4v) is 12.1. The minimum atomic E-state index is -2.81.